The molecule has 96 valence electrons. The largest absolute Gasteiger partial charge is 0.385 e. The number of nitrogens with two attached hydrogens (primary N) is 1. The maximum absolute atomic E-state index is 12.5. The molecule has 18 heavy (non-hydrogen) atoms. The Morgan fingerprint density at radius 2 is 1.94 bits per heavy atom. The van der Waals surface area contributed by atoms with Gasteiger partial charge in [-0.2, -0.15) is 0 Å². The van der Waals surface area contributed by atoms with Gasteiger partial charge in [-0.15, -0.1) is 0 Å². The molecule has 0 saturated carbocycles. The summed E-state index contributed by atoms with van der Waals surface area (Å²) in [5, 5.41) is 1.65. The van der Waals surface area contributed by atoms with Gasteiger partial charge in [-0.25, -0.2) is 0 Å². The number of nitrogen functional groups attached to an aromatic ring is 1. The van der Waals surface area contributed by atoms with Crippen molar-refractivity contribution in [3.63, 3.8) is 0 Å². The van der Waals surface area contributed by atoms with E-state index in [9.17, 15) is 4.79 Å². The van der Waals surface area contributed by atoms with Gasteiger partial charge >= 0.3 is 0 Å². The lowest BCUT2D eigenvalue weighted by Crippen LogP contribution is -2.29. The molecule has 1 heterocycles. The van der Waals surface area contributed by atoms with Gasteiger partial charge in [0, 0.05) is 11.4 Å². The fraction of sp³-hybridized carbons (Fsp3) is 0.400. The molecule has 2 N–H and O–H groups in total. The summed E-state index contributed by atoms with van der Waals surface area (Å²) < 4.78 is 1.74. The topological polar surface area (TPSA) is 48.0 Å². The van der Waals surface area contributed by atoms with Gasteiger partial charge < -0.3 is 5.73 Å². The lowest BCUT2D eigenvalue weighted by molar-refractivity contribution is 0.363. The molecule has 0 fully saturated rings. The molecule has 1 aromatic carbocycles. The van der Waals surface area contributed by atoms with Crippen LogP contribution in [0.4, 0.5) is 5.82 Å². The average Bonchev–Trinajstić information content (AvgIpc) is 2.34. The Bertz CT molecular complexity index is 613. The summed E-state index contributed by atoms with van der Waals surface area (Å²) in [6.07, 6.45) is 0.903. The van der Waals surface area contributed by atoms with Crippen molar-refractivity contribution in [1.82, 2.24) is 4.57 Å². The first-order valence-electron chi connectivity index (χ1n) is 6.46. The first-order chi connectivity index (χ1) is 8.56. The average molecular weight is 244 g/mol. The second kappa shape index (κ2) is 4.84. The summed E-state index contributed by atoms with van der Waals surface area (Å²) in [7, 11) is 0. The van der Waals surface area contributed by atoms with E-state index in [1.807, 2.05) is 30.3 Å². The lowest BCUT2D eigenvalue weighted by atomic mass is 10.0. The second-order valence-electron chi connectivity index (χ2n) is 5.05. The molecule has 1 aromatic heterocycles. The summed E-state index contributed by atoms with van der Waals surface area (Å²) in [5.74, 6) is 0.940. The quantitative estimate of drug-likeness (QED) is 0.901. The highest BCUT2D eigenvalue weighted by Gasteiger charge is 2.18. The van der Waals surface area contributed by atoms with E-state index >= 15 is 0 Å². The summed E-state index contributed by atoms with van der Waals surface area (Å²) in [6, 6.07) is 9.64. The molecule has 0 saturated heterocycles. The van der Waals surface area contributed by atoms with Gasteiger partial charge in [0.05, 0.1) is 0 Å². The summed E-state index contributed by atoms with van der Waals surface area (Å²) in [6.45, 7) is 6.33. The summed E-state index contributed by atoms with van der Waals surface area (Å²) in [5.41, 5.74) is 6.08. The van der Waals surface area contributed by atoms with Gasteiger partial charge in [-0.1, -0.05) is 39.0 Å². The smallest absolute Gasteiger partial charge is 0.260 e. The van der Waals surface area contributed by atoms with Crippen molar-refractivity contribution in [3.05, 3.63) is 40.7 Å². The van der Waals surface area contributed by atoms with Gasteiger partial charge in [-0.3, -0.25) is 9.36 Å². The number of rotatable bonds is 3. The third kappa shape index (κ3) is 2.01. The van der Waals surface area contributed by atoms with Crippen molar-refractivity contribution in [2.24, 2.45) is 5.92 Å². The van der Waals surface area contributed by atoms with E-state index in [1.54, 1.807) is 4.57 Å². The zero-order valence-electron chi connectivity index (χ0n) is 11.2. The first-order valence-corrected chi connectivity index (χ1v) is 6.46. The van der Waals surface area contributed by atoms with Gasteiger partial charge in [0.2, 0.25) is 0 Å². The molecule has 3 nitrogen and oxygen atoms in total. The molecule has 2 aromatic rings. The highest BCUT2D eigenvalue weighted by Crippen LogP contribution is 2.24. The van der Waals surface area contributed by atoms with Crippen LogP contribution in [0.25, 0.3) is 10.8 Å². The molecule has 0 aliphatic carbocycles. The van der Waals surface area contributed by atoms with Crippen LogP contribution in [0.1, 0.15) is 33.2 Å². The Morgan fingerprint density at radius 3 is 2.56 bits per heavy atom. The Balaban J connectivity index is 2.75. The van der Waals surface area contributed by atoms with Gasteiger partial charge in [0.1, 0.15) is 5.82 Å². The number of fused-ring (bicyclic) bond motifs is 1. The van der Waals surface area contributed by atoms with Gasteiger partial charge in [0.25, 0.3) is 5.56 Å². The van der Waals surface area contributed by atoms with E-state index in [0.29, 0.717) is 11.7 Å². The maximum atomic E-state index is 12.5. The molecule has 0 aliphatic heterocycles. The van der Waals surface area contributed by atoms with Crippen LogP contribution in [0.3, 0.4) is 0 Å². The molecule has 1 unspecified atom stereocenters. The fourth-order valence-corrected chi connectivity index (χ4v) is 2.59. The zero-order chi connectivity index (χ0) is 13.3. The van der Waals surface area contributed by atoms with Crippen LogP contribution >= 0.6 is 0 Å². The fourth-order valence-electron chi connectivity index (χ4n) is 2.59. The molecule has 0 radical (unpaired) electrons. The van der Waals surface area contributed by atoms with Crippen LogP contribution in [-0.2, 0) is 0 Å². The number of benzene rings is 1. The summed E-state index contributed by atoms with van der Waals surface area (Å²) >= 11 is 0. The monoisotopic (exact) mass is 244 g/mol. The number of aromatic nitrogens is 1. The van der Waals surface area contributed by atoms with Crippen molar-refractivity contribution in [2.75, 3.05) is 5.73 Å². The van der Waals surface area contributed by atoms with Crippen LogP contribution < -0.4 is 11.3 Å². The van der Waals surface area contributed by atoms with Gasteiger partial charge in [0.15, 0.2) is 0 Å². The minimum absolute atomic E-state index is 0.0196. The second-order valence-corrected chi connectivity index (χ2v) is 5.05. The van der Waals surface area contributed by atoms with E-state index < -0.39 is 0 Å². The van der Waals surface area contributed by atoms with Crippen LogP contribution in [-0.4, -0.2) is 4.57 Å². The summed E-state index contributed by atoms with van der Waals surface area (Å²) in [4.78, 5) is 12.5. The number of pyridine rings is 1. The minimum Gasteiger partial charge on any atom is -0.385 e. The van der Waals surface area contributed by atoms with Crippen molar-refractivity contribution < 1.29 is 0 Å². The molecule has 0 amide bonds. The SMILES string of the molecule is CCC(C(C)C)n1c(N)cc2ccccc2c1=O. The molecule has 0 aliphatic rings. The molecule has 0 spiro atoms. The van der Waals surface area contributed by atoms with Crippen molar-refractivity contribution in [3.8, 4) is 0 Å². The van der Waals surface area contributed by atoms with Crippen LogP contribution in [0.15, 0.2) is 35.1 Å². The van der Waals surface area contributed by atoms with Crippen LogP contribution in [0.5, 0.6) is 0 Å². The molecule has 3 heteroatoms. The standard InChI is InChI=1S/C15H20N2O/c1-4-13(10(2)3)17-14(16)9-11-7-5-6-8-12(11)15(17)18/h5-10,13H,4,16H2,1-3H3. The highest BCUT2D eigenvalue weighted by molar-refractivity contribution is 5.83. The van der Waals surface area contributed by atoms with Crippen LogP contribution in [0.2, 0.25) is 0 Å². The minimum atomic E-state index is 0.0196. The normalized spacial score (nSPS) is 13.1. The van der Waals surface area contributed by atoms with E-state index in [1.165, 1.54) is 0 Å². The molecular formula is C15H20N2O. The third-order valence-corrected chi connectivity index (χ3v) is 3.51. The van der Waals surface area contributed by atoms with E-state index in [4.69, 9.17) is 5.73 Å². The van der Waals surface area contributed by atoms with Crippen molar-refractivity contribution in [1.29, 1.82) is 0 Å². The maximum Gasteiger partial charge on any atom is 0.260 e. The number of nitrogens with zero attached hydrogens (tertiary/aromatic N) is 1. The third-order valence-electron chi connectivity index (χ3n) is 3.51. The molecule has 0 bridgehead atoms. The predicted molar refractivity (Wildman–Crippen MR) is 76.8 cm³/mol. The number of anilines is 1. The Labute approximate surface area is 107 Å². The van der Waals surface area contributed by atoms with Crippen molar-refractivity contribution in [2.45, 2.75) is 33.2 Å². The van der Waals surface area contributed by atoms with Crippen molar-refractivity contribution >= 4 is 16.6 Å². The Hall–Kier alpha value is -1.77. The highest BCUT2D eigenvalue weighted by atomic mass is 16.1. The number of hydrogen-bond acceptors (Lipinski definition) is 2. The Kier molecular flexibility index (Phi) is 3.41. The predicted octanol–water partition coefficient (Wildman–Crippen LogP) is 3.19. The lowest BCUT2D eigenvalue weighted by Gasteiger charge is -2.24. The molecular weight excluding hydrogens is 224 g/mol. The van der Waals surface area contributed by atoms with E-state index in [-0.39, 0.29) is 11.6 Å². The Morgan fingerprint density at radius 1 is 1.28 bits per heavy atom. The van der Waals surface area contributed by atoms with E-state index in [0.717, 1.165) is 17.2 Å². The molecule has 2 rings (SSSR count). The van der Waals surface area contributed by atoms with E-state index in [2.05, 4.69) is 20.8 Å². The molecule has 1 atom stereocenters. The van der Waals surface area contributed by atoms with Crippen LogP contribution in [0, 0.1) is 5.92 Å². The number of hydrogen-bond donors (Lipinski definition) is 1. The zero-order valence-corrected chi connectivity index (χ0v) is 11.2. The first kappa shape index (κ1) is 12.7. The van der Waals surface area contributed by atoms with Gasteiger partial charge in [-0.05, 0) is 29.9 Å².